The Morgan fingerprint density at radius 2 is 2.50 bits per heavy atom. The first-order valence-corrected chi connectivity index (χ1v) is 6.69. The highest BCUT2D eigenvalue weighted by atomic mass is 16.1. The summed E-state index contributed by atoms with van der Waals surface area (Å²) >= 11 is 0. The number of carbonyl (C=O) groups is 1. The molecule has 1 amide bonds. The topological polar surface area (TPSA) is 59.0 Å². The van der Waals surface area contributed by atoms with E-state index in [-0.39, 0.29) is 11.9 Å². The van der Waals surface area contributed by atoms with Crippen molar-refractivity contribution in [3.8, 4) is 0 Å². The first-order valence-electron chi connectivity index (χ1n) is 6.69. The van der Waals surface area contributed by atoms with Gasteiger partial charge in [0.2, 0.25) is 5.91 Å². The maximum atomic E-state index is 11.6. The highest BCUT2D eigenvalue weighted by Crippen LogP contribution is 2.22. The number of hydrogen-bond donors (Lipinski definition) is 2. The number of imidazole rings is 1. The lowest BCUT2D eigenvalue weighted by molar-refractivity contribution is -0.121. The van der Waals surface area contributed by atoms with Crippen LogP contribution in [-0.2, 0) is 11.3 Å². The van der Waals surface area contributed by atoms with Crippen molar-refractivity contribution >= 4 is 5.91 Å². The van der Waals surface area contributed by atoms with Crippen molar-refractivity contribution in [3.05, 3.63) is 18.2 Å². The molecule has 1 aromatic rings. The summed E-state index contributed by atoms with van der Waals surface area (Å²) in [5.41, 5.74) is 1.20. The monoisotopic (exact) mass is 250 g/mol. The smallest absolute Gasteiger partial charge is 0.221 e. The zero-order valence-corrected chi connectivity index (χ0v) is 11.1. The molecule has 1 aliphatic heterocycles. The normalized spacial score (nSPS) is 19.4. The molecule has 0 spiro atoms. The van der Waals surface area contributed by atoms with Gasteiger partial charge in [-0.05, 0) is 33.2 Å². The summed E-state index contributed by atoms with van der Waals surface area (Å²) in [4.78, 5) is 15.8. The molecule has 5 heteroatoms. The van der Waals surface area contributed by atoms with Crippen molar-refractivity contribution in [1.82, 2.24) is 20.2 Å². The molecule has 2 rings (SSSR count). The molecule has 0 aliphatic carbocycles. The fourth-order valence-corrected chi connectivity index (χ4v) is 2.36. The Kier molecular flexibility index (Phi) is 4.36. The fraction of sp³-hybridized carbons (Fsp3) is 0.692. The number of rotatable bonds is 5. The van der Waals surface area contributed by atoms with Gasteiger partial charge in [0.15, 0.2) is 0 Å². The Hall–Kier alpha value is -1.36. The second-order valence-corrected chi connectivity index (χ2v) is 5.13. The average molecular weight is 250 g/mol. The van der Waals surface area contributed by atoms with E-state index in [1.807, 2.05) is 26.4 Å². The minimum Gasteiger partial charge on any atom is -0.354 e. The SMILES string of the molecule is CC(C)NC(=O)CCn1cncc1C1CCCN1. The molecule has 2 heterocycles. The molecule has 5 nitrogen and oxygen atoms in total. The molecule has 0 bridgehead atoms. The molecule has 0 saturated carbocycles. The molecule has 1 atom stereocenters. The third-order valence-corrected chi connectivity index (χ3v) is 3.19. The van der Waals surface area contributed by atoms with Gasteiger partial charge >= 0.3 is 0 Å². The molecule has 0 aromatic carbocycles. The van der Waals surface area contributed by atoms with Crippen molar-refractivity contribution in [2.45, 2.75) is 51.7 Å². The van der Waals surface area contributed by atoms with Gasteiger partial charge in [-0.1, -0.05) is 0 Å². The molecule has 1 fully saturated rings. The molecule has 1 saturated heterocycles. The van der Waals surface area contributed by atoms with E-state index < -0.39 is 0 Å². The molecular formula is C13H22N4O. The summed E-state index contributed by atoms with van der Waals surface area (Å²) in [5, 5.41) is 6.36. The van der Waals surface area contributed by atoms with E-state index in [4.69, 9.17) is 0 Å². The quantitative estimate of drug-likeness (QED) is 0.826. The summed E-state index contributed by atoms with van der Waals surface area (Å²) in [6, 6.07) is 0.608. The van der Waals surface area contributed by atoms with Gasteiger partial charge in [0.05, 0.1) is 12.0 Å². The standard InChI is InChI=1S/C13H22N4O/c1-10(2)16-13(18)5-7-17-9-14-8-12(17)11-4-3-6-15-11/h8-11,15H,3-7H2,1-2H3,(H,16,18). The number of nitrogens with zero attached hydrogens (tertiary/aromatic N) is 2. The Labute approximate surface area is 108 Å². The van der Waals surface area contributed by atoms with Gasteiger partial charge in [-0.3, -0.25) is 4.79 Å². The predicted molar refractivity (Wildman–Crippen MR) is 70.1 cm³/mol. The van der Waals surface area contributed by atoms with Gasteiger partial charge in [0.25, 0.3) is 0 Å². The van der Waals surface area contributed by atoms with Crippen molar-refractivity contribution in [2.75, 3.05) is 6.54 Å². The first kappa shape index (κ1) is 13.1. The maximum absolute atomic E-state index is 11.6. The van der Waals surface area contributed by atoms with Gasteiger partial charge in [-0.15, -0.1) is 0 Å². The Bertz CT molecular complexity index is 393. The highest BCUT2D eigenvalue weighted by Gasteiger charge is 2.19. The maximum Gasteiger partial charge on any atom is 0.221 e. The van der Waals surface area contributed by atoms with Gasteiger partial charge in [-0.25, -0.2) is 4.98 Å². The van der Waals surface area contributed by atoms with Crippen molar-refractivity contribution < 1.29 is 4.79 Å². The summed E-state index contributed by atoms with van der Waals surface area (Å²) in [6.45, 7) is 5.72. The Morgan fingerprint density at radius 3 is 3.17 bits per heavy atom. The van der Waals surface area contributed by atoms with Crippen LogP contribution in [0.5, 0.6) is 0 Å². The van der Waals surface area contributed by atoms with E-state index in [0.29, 0.717) is 19.0 Å². The molecule has 2 N–H and O–H groups in total. The lowest BCUT2D eigenvalue weighted by Gasteiger charge is -2.14. The van der Waals surface area contributed by atoms with Crippen LogP contribution in [0, 0.1) is 0 Å². The Morgan fingerprint density at radius 1 is 1.67 bits per heavy atom. The van der Waals surface area contributed by atoms with Gasteiger partial charge in [-0.2, -0.15) is 0 Å². The third-order valence-electron chi connectivity index (χ3n) is 3.19. The summed E-state index contributed by atoms with van der Waals surface area (Å²) in [7, 11) is 0. The van der Waals surface area contributed by atoms with Crippen LogP contribution in [-0.4, -0.2) is 28.0 Å². The molecule has 0 radical (unpaired) electrons. The first-order chi connectivity index (χ1) is 8.66. The van der Waals surface area contributed by atoms with Crippen molar-refractivity contribution in [2.24, 2.45) is 0 Å². The summed E-state index contributed by atoms with van der Waals surface area (Å²) in [5.74, 6) is 0.101. The largest absolute Gasteiger partial charge is 0.354 e. The summed E-state index contributed by atoms with van der Waals surface area (Å²) in [6.07, 6.45) is 6.60. The Balaban J connectivity index is 1.89. The van der Waals surface area contributed by atoms with Crippen LogP contribution >= 0.6 is 0 Å². The van der Waals surface area contributed by atoms with E-state index in [1.165, 1.54) is 12.1 Å². The van der Waals surface area contributed by atoms with E-state index in [9.17, 15) is 4.79 Å². The van der Waals surface area contributed by atoms with Gasteiger partial charge in [0.1, 0.15) is 0 Å². The van der Waals surface area contributed by atoms with E-state index >= 15 is 0 Å². The summed E-state index contributed by atoms with van der Waals surface area (Å²) < 4.78 is 2.09. The number of aromatic nitrogens is 2. The minimum absolute atomic E-state index is 0.101. The molecule has 18 heavy (non-hydrogen) atoms. The van der Waals surface area contributed by atoms with Crippen molar-refractivity contribution in [3.63, 3.8) is 0 Å². The lowest BCUT2D eigenvalue weighted by Crippen LogP contribution is -2.31. The number of nitrogens with one attached hydrogen (secondary N) is 2. The number of hydrogen-bond acceptors (Lipinski definition) is 3. The fourth-order valence-electron chi connectivity index (χ4n) is 2.36. The molecular weight excluding hydrogens is 228 g/mol. The second kappa shape index (κ2) is 6.00. The molecule has 1 aromatic heterocycles. The van der Waals surface area contributed by atoms with Crippen LogP contribution in [0.1, 0.15) is 44.8 Å². The lowest BCUT2D eigenvalue weighted by atomic mass is 10.2. The third kappa shape index (κ3) is 3.32. The predicted octanol–water partition coefficient (Wildman–Crippen LogP) is 1.22. The van der Waals surface area contributed by atoms with Gasteiger partial charge in [0, 0.05) is 31.2 Å². The van der Waals surface area contributed by atoms with E-state index in [1.54, 1.807) is 0 Å². The van der Waals surface area contributed by atoms with Crippen LogP contribution < -0.4 is 10.6 Å². The minimum atomic E-state index is 0.101. The number of amides is 1. The van der Waals surface area contributed by atoms with Crippen LogP contribution in [0.15, 0.2) is 12.5 Å². The van der Waals surface area contributed by atoms with Crippen LogP contribution in [0.3, 0.4) is 0 Å². The van der Waals surface area contributed by atoms with Crippen LogP contribution in [0.25, 0.3) is 0 Å². The average Bonchev–Trinajstić information content (AvgIpc) is 2.96. The zero-order chi connectivity index (χ0) is 13.0. The number of carbonyl (C=O) groups excluding carboxylic acids is 1. The van der Waals surface area contributed by atoms with Crippen molar-refractivity contribution in [1.29, 1.82) is 0 Å². The molecule has 100 valence electrons. The molecule has 1 aliphatic rings. The zero-order valence-electron chi connectivity index (χ0n) is 11.1. The highest BCUT2D eigenvalue weighted by molar-refractivity contribution is 5.76. The van der Waals surface area contributed by atoms with Crippen LogP contribution in [0.2, 0.25) is 0 Å². The number of aryl methyl sites for hydroxylation is 1. The molecule has 1 unspecified atom stereocenters. The second-order valence-electron chi connectivity index (χ2n) is 5.13. The van der Waals surface area contributed by atoms with E-state index in [2.05, 4.69) is 20.2 Å². The van der Waals surface area contributed by atoms with Gasteiger partial charge < -0.3 is 15.2 Å². The van der Waals surface area contributed by atoms with Crippen LogP contribution in [0.4, 0.5) is 0 Å². The van der Waals surface area contributed by atoms with E-state index in [0.717, 1.165) is 13.0 Å².